The van der Waals surface area contributed by atoms with Crippen molar-refractivity contribution in [3.05, 3.63) is 35.9 Å². The van der Waals surface area contributed by atoms with Crippen LogP contribution in [0, 0.1) is 17.2 Å². The number of nitrogens with zero attached hydrogens (tertiary/aromatic N) is 2. The Morgan fingerprint density at radius 3 is 2.79 bits per heavy atom. The Balaban J connectivity index is 1.92. The number of benzene rings is 1. The van der Waals surface area contributed by atoms with E-state index in [1.807, 2.05) is 25.1 Å². The Kier molecular flexibility index (Phi) is 5.20. The van der Waals surface area contributed by atoms with E-state index in [0.717, 1.165) is 38.5 Å². The van der Waals surface area contributed by atoms with Crippen molar-refractivity contribution in [1.29, 1.82) is 5.26 Å². The van der Waals surface area contributed by atoms with Gasteiger partial charge in [0.2, 0.25) is 0 Å². The minimum atomic E-state index is -0.223. The van der Waals surface area contributed by atoms with Gasteiger partial charge in [0.25, 0.3) is 0 Å². The molecule has 4 nitrogen and oxygen atoms in total. The summed E-state index contributed by atoms with van der Waals surface area (Å²) in [6.45, 7) is 2.97. The average molecular weight is 326 g/mol. The third-order valence-corrected chi connectivity index (χ3v) is 5.71. The number of nitriles is 1. The van der Waals surface area contributed by atoms with Crippen LogP contribution in [-0.2, 0) is 16.1 Å². The lowest BCUT2D eigenvalue weighted by Gasteiger charge is -2.46. The number of ether oxygens (including phenoxy) is 1. The van der Waals surface area contributed by atoms with Gasteiger partial charge in [-0.15, -0.1) is 0 Å². The van der Waals surface area contributed by atoms with E-state index in [0.29, 0.717) is 13.2 Å². The number of hydrogen-bond acceptors (Lipinski definition) is 4. The zero-order chi connectivity index (χ0) is 17.0. The molecule has 3 rings (SSSR count). The zero-order valence-corrected chi connectivity index (χ0v) is 14.4. The smallest absolute Gasteiger partial charge is 0.323 e. The molecule has 3 atom stereocenters. The van der Waals surface area contributed by atoms with Crippen LogP contribution in [-0.4, -0.2) is 29.1 Å². The topological polar surface area (TPSA) is 53.3 Å². The van der Waals surface area contributed by atoms with Crippen LogP contribution in [0.1, 0.15) is 51.0 Å². The molecule has 1 aromatic carbocycles. The summed E-state index contributed by atoms with van der Waals surface area (Å²) in [6, 6.07) is 12.6. The molecule has 2 aliphatic rings. The quantitative estimate of drug-likeness (QED) is 0.792. The molecule has 128 valence electrons. The fraction of sp³-hybridized carbons (Fsp3) is 0.600. The molecule has 2 unspecified atom stereocenters. The number of carbonyl (C=O) groups excluding carboxylic acids is 1. The fourth-order valence-electron chi connectivity index (χ4n) is 4.58. The van der Waals surface area contributed by atoms with Crippen molar-refractivity contribution in [2.45, 2.75) is 63.6 Å². The first-order valence-electron chi connectivity index (χ1n) is 9.08. The zero-order valence-electron chi connectivity index (χ0n) is 14.4. The van der Waals surface area contributed by atoms with Crippen LogP contribution in [0.2, 0.25) is 0 Å². The highest BCUT2D eigenvalue weighted by atomic mass is 16.5. The van der Waals surface area contributed by atoms with Crippen molar-refractivity contribution in [3.63, 3.8) is 0 Å². The number of rotatable bonds is 4. The van der Waals surface area contributed by atoms with Gasteiger partial charge >= 0.3 is 5.97 Å². The molecule has 1 aromatic rings. The molecule has 1 saturated heterocycles. The highest BCUT2D eigenvalue weighted by Gasteiger charge is 2.54. The van der Waals surface area contributed by atoms with E-state index < -0.39 is 0 Å². The summed E-state index contributed by atoms with van der Waals surface area (Å²) in [7, 11) is 0. The molecule has 1 aliphatic carbocycles. The minimum Gasteiger partial charge on any atom is -0.465 e. The molecule has 4 heteroatoms. The highest BCUT2D eigenvalue weighted by molar-refractivity contribution is 5.76. The molecule has 0 aromatic heterocycles. The van der Waals surface area contributed by atoms with Gasteiger partial charge in [-0.05, 0) is 38.2 Å². The summed E-state index contributed by atoms with van der Waals surface area (Å²) in [5.74, 6) is -0.123. The fourth-order valence-corrected chi connectivity index (χ4v) is 4.58. The van der Waals surface area contributed by atoms with Gasteiger partial charge in [0.05, 0.1) is 18.6 Å². The van der Waals surface area contributed by atoms with Gasteiger partial charge in [-0.2, -0.15) is 5.26 Å². The van der Waals surface area contributed by atoms with Crippen molar-refractivity contribution in [1.82, 2.24) is 4.90 Å². The van der Waals surface area contributed by atoms with E-state index in [1.54, 1.807) is 0 Å². The van der Waals surface area contributed by atoms with Crippen molar-refractivity contribution >= 4 is 5.97 Å². The lowest BCUT2D eigenvalue weighted by atomic mass is 9.71. The maximum Gasteiger partial charge on any atom is 0.323 e. The molecule has 0 N–H and O–H groups in total. The molecule has 1 spiro atoms. The van der Waals surface area contributed by atoms with Crippen LogP contribution in [0.4, 0.5) is 0 Å². The van der Waals surface area contributed by atoms with Crippen molar-refractivity contribution < 1.29 is 9.53 Å². The SMILES string of the molecule is CCOC(=O)[C@H]1CCC2(CCCCC2C#N)N1Cc1ccccc1. The first kappa shape index (κ1) is 17.0. The normalized spacial score (nSPS) is 30.2. The Morgan fingerprint density at radius 1 is 1.29 bits per heavy atom. The van der Waals surface area contributed by atoms with Crippen molar-refractivity contribution in [2.75, 3.05) is 6.61 Å². The van der Waals surface area contributed by atoms with Gasteiger partial charge < -0.3 is 4.74 Å². The maximum absolute atomic E-state index is 12.5. The van der Waals surface area contributed by atoms with Gasteiger partial charge in [-0.1, -0.05) is 43.2 Å². The van der Waals surface area contributed by atoms with Crippen LogP contribution in [0.5, 0.6) is 0 Å². The lowest BCUT2D eigenvalue weighted by Crippen LogP contribution is -2.54. The first-order chi connectivity index (χ1) is 11.7. The van der Waals surface area contributed by atoms with Gasteiger partial charge in [0.1, 0.15) is 6.04 Å². The van der Waals surface area contributed by atoms with E-state index in [1.165, 1.54) is 5.56 Å². The number of esters is 1. The molecule has 0 radical (unpaired) electrons. The second-order valence-corrected chi connectivity index (χ2v) is 6.95. The van der Waals surface area contributed by atoms with E-state index >= 15 is 0 Å². The molecule has 0 bridgehead atoms. The maximum atomic E-state index is 12.5. The molecule has 1 aliphatic heterocycles. The Labute approximate surface area is 144 Å². The average Bonchev–Trinajstić information content (AvgIpc) is 2.95. The highest BCUT2D eigenvalue weighted by Crippen LogP contribution is 2.48. The van der Waals surface area contributed by atoms with Crippen molar-refractivity contribution in [3.8, 4) is 6.07 Å². The van der Waals surface area contributed by atoms with Gasteiger partial charge in [0.15, 0.2) is 0 Å². The van der Waals surface area contributed by atoms with Crippen LogP contribution in [0.3, 0.4) is 0 Å². The molecule has 1 heterocycles. The van der Waals surface area contributed by atoms with E-state index in [9.17, 15) is 10.1 Å². The summed E-state index contributed by atoms with van der Waals surface area (Å²) in [5, 5.41) is 9.74. The van der Waals surface area contributed by atoms with Crippen LogP contribution in [0.25, 0.3) is 0 Å². The van der Waals surface area contributed by atoms with E-state index in [2.05, 4.69) is 23.1 Å². The molecule has 24 heavy (non-hydrogen) atoms. The van der Waals surface area contributed by atoms with Gasteiger partial charge in [0, 0.05) is 12.1 Å². The Hall–Kier alpha value is -1.86. The van der Waals surface area contributed by atoms with Crippen molar-refractivity contribution in [2.24, 2.45) is 5.92 Å². The lowest BCUT2D eigenvalue weighted by molar-refractivity contribution is -0.151. The van der Waals surface area contributed by atoms with E-state index in [4.69, 9.17) is 4.74 Å². The largest absolute Gasteiger partial charge is 0.465 e. The van der Waals surface area contributed by atoms with Gasteiger partial charge in [-0.3, -0.25) is 9.69 Å². The molecular weight excluding hydrogens is 300 g/mol. The monoisotopic (exact) mass is 326 g/mol. The molecule has 1 saturated carbocycles. The second-order valence-electron chi connectivity index (χ2n) is 6.95. The number of carbonyl (C=O) groups is 1. The Morgan fingerprint density at radius 2 is 2.08 bits per heavy atom. The van der Waals surface area contributed by atoms with Gasteiger partial charge in [-0.25, -0.2) is 0 Å². The summed E-state index contributed by atoms with van der Waals surface area (Å²) in [6.07, 6.45) is 5.92. The predicted molar refractivity (Wildman–Crippen MR) is 91.9 cm³/mol. The standard InChI is InChI=1S/C20H26N2O2/c1-2-24-19(23)18-11-13-20(12-7-6-10-17(20)14-21)22(18)15-16-8-4-3-5-9-16/h3-5,8-9,17-18H,2,6-7,10-13,15H2,1H3/t17?,18-,20?/m1/s1. The number of hydrogen-bond donors (Lipinski definition) is 0. The Bertz CT molecular complexity index is 610. The van der Waals surface area contributed by atoms with Crippen LogP contribution < -0.4 is 0 Å². The van der Waals surface area contributed by atoms with E-state index in [-0.39, 0.29) is 23.5 Å². The van der Waals surface area contributed by atoms with Crippen LogP contribution >= 0.6 is 0 Å². The third kappa shape index (κ3) is 3.06. The minimum absolute atomic E-state index is 0.00869. The summed E-state index contributed by atoms with van der Waals surface area (Å²) < 4.78 is 5.33. The van der Waals surface area contributed by atoms with Crippen LogP contribution in [0.15, 0.2) is 30.3 Å². The number of likely N-dealkylation sites (tertiary alicyclic amines) is 1. The third-order valence-electron chi connectivity index (χ3n) is 5.71. The molecule has 0 amide bonds. The first-order valence-corrected chi connectivity index (χ1v) is 9.08. The molecule has 2 fully saturated rings. The predicted octanol–water partition coefficient (Wildman–Crippen LogP) is 3.67. The summed E-state index contributed by atoms with van der Waals surface area (Å²) in [4.78, 5) is 14.8. The molecular formula is C20H26N2O2. The summed E-state index contributed by atoms with van der Waals surface area (Å²) >= 11 is 0. The summed E-state index contributed by atoms with van der Waals surface area (Å²) in [5.41, 5.74) is 1.02. The second kappa shape index (κ2) is 7.36.